The summed E-state index contributed by atoms with van der Waals surface area (Å²) in [7, 11) is 0. The molecule has 1 aromatic rings. The zero-order valence-corrected chi connectivity index (χ0v) is 12.8. The molecule has 1 atom stereocenters. The third-order valence-electron chi connectivity index (χ3n) is 3.24. The fourth-order valence-electron chi connectivity index (χ4n) is 2.07. The molecule has 1 amide bonds. The van der Waals surface area contributed by atoms with Crippen LogP contribution in [0.3, 0.4) is 0 Å². The van der Waals surface area contributed by atoms with E-state index in [4.69, 9.17) is 9.84 Å². The molecule has 0 aromatic heterocycles. The van der Waals surface area contributed by atoms with Crippen LogP contribution in [0.5, 0.6) is 5.75 Å². The van der Waals surface area contributed by atoms with E-state index < -0.39 is 17.9 Å². The number of para-hydroxylation sites is 1. The Balaban J connectivity index is 2.55. The summed E-state index contributed by atoms with van der Waals surface area (Å²) in [6.45, 7) is 5.61. The zero-order valence-electron chi connectivity index (χ0n) is 12.8. The molecule has 1 aromatic carbocycles. The number of carbonyl (C=O) groups is 2. The molecule has 0 fully saturated rings. The van der Waals surface area contributed by atoms with E-state index in [9.17, 15) is 9.59 Å². The fraction of sp³-hybridized carbons (Fsp3) is 0.500. The van der Waals surface area contributed by atoms with Crippen LogP contribution in [0.15, 0.2) is 18.2 Å². The summed E-state index contributed by atoms with van der Waals surface area (Å²) in [6, 6.07) is 4.88. The molecule has 0 unspecified atom stereocenters. The van der Waals surface area contributed by atoms with Crippen molar-refractivity contribution < 1.29 is 19.4 Å². The number of aliphatic carboxylic acids is 1. The highest BCUT2D eigenvalue weighted by molar-refractivity contribution is 5.84. The van der Waals surface area contributed by atoms with Crippen LogP contribution < -0.4 is 10.1 Å². The first-order valence-corrected chi connectivity index (χ1v) is 7.16. The maximum Gasteiger partial charge on any atom is 0.326 e. The fourth-order valence-corrected chi connectivity index (χ4v) is 2.07. The van der Waals surface area contributed by atoms with Crippen molar-refractivity contribution in [1.82, 2.24) is 5.32 Å². The van der Waals surface area contributed by atoms with E-state index in [1.807, 2.05) is 39.0 Å². The van der Waals surface area contributed by atoms with Gasteiger partial charge in [0.2, 0.25) is 0 Å². The second-order valence-corrected chi connectivity index (χ2v) is 5.11. The lowest BCUT2D eigenvalue weighted by Crippen LogP contribution is -2.42. The van der Waals surface area contributed by atoms with Gasteiger partial charge in [-0.3, -0.25) is 4.79 Å². The number of carboxylic acids is 1. The van der Waals surface area contributed by atoms with Crippen molar-refractivity contribution in [2.24, 2.45) is 0 Å². The Kier molecular flexibility index (Phi) is 6.72. The monoisotopic (exact) mass is 293 g/mol. The number of rotatable bonds is 8. The number of hydrogen-bond acceptors (Lipinski definition) is 3. The molecule has 0 aliphatic rings. The van der Waals surface area contributed by atoms with Gasteiger partial charge in [0.15, 0.2) is 6.61 Å². The average molecular weight is 293 g/mol. The normalized spacial score (nSPS) is 11.8. The highest BCUT2D eigenvalue weighted by atomic mass is 16.5. The molecule has 116 valence electrons. The van der Waals surface area contributed by atoms with E-state index in [0.717, 1.165) is 24.0 Å². The second-order valence-electron chi connectivity index (χ2n) is 5.11. The molecule has 0 spiro atoms. The van der Waals surface area contributed by atoms with Crippen LogP contribution in [0.25, 0.3) is 0 Å². The third kappa shape index (κ3) is 5.45. The molecule has 0 bridgehead atoms. The molecule has 0 radical (unpaired) electrons. The van der Waals surface area contributed by atoms with E-state index in [1.165, 1.54) is 0 Å². The minimum absolute atomic E-state index is 0.179. The van der Waals surface area contributed by atoms with Gasteiger partial charge in [-0.15, -0.1) is 0 Å². The molecular weight excluding hydrogens is 270 g/mol. The minimum atomic E-state index is -1.01. The molecule has 5 nitrogen and oxygen atoms in total. The predicted molar refractivity (Wildman–Crippen MR) is 80.5 cm³/mol. The average Bonchev–Trinajstić information content (AvgIpc) is 2.42. The van der Waals surface area contributed by atoms with Gasteiger partial charge in [-0.25, -0.2) is 4.79 Å². The summed E-state index contributed by atoms with van der Waals surface area (Å²) in [5.74, 6) is -0.752. The molecule has 0 aliphatic heterocycles. The van der Waals surface area contributed by atoms with Gasteiger partial charge in [0.25, 0.3) is 5.91 Å². The highest BCUT2D eigenvalue weighted by Gasteiger charge is 2.19. The Bertz CT molecular complexity index is 479. The van der Waals surface area contributed by atoms with Crippen molar-refractivity contribution in [3.05, 3.63) is 29.3 Å². The van der Waals surface area contributed by atoms with Crippen molar-refractivity contribution in [3.63, 3.8) is 0 Å². The standard InChI is InChI=1S/C16H23NO4/c1-4-5-9-13(16(19)20)17-14(18)10-21-15-11(2)7-6-8-12(15)3/h6-8,13H,4-5,9-10H2,1-3H3,(H,17,18)(H,19,20)/t13-/m0/s1. The van der Waals surface area contributed by atoms with Crippen LogP contribution in [0.2, 0.25) is 0 Å². The van der Waals surface area contributed by atoms with E-state index >= 15 is 0 Å². The highest BCUT2D eigenvalue weighted by Crippen LogP contribution is 2.22. The molecule has 0 saturated carbocycles. The lowest BCUT2D eigenvalue weighted by atomic mass is 10.1. The Morgan fingerprint density at radius 2 is 1.90 bits per heavy atom. The number of carbonyl (C=O) groups excluding carboxylic acids is 1. The quantitative estimate of drug-likeness (QED) is 0.772. The lowest BCUT2D eigenvalue weighted by molar-refractivity contribution is -0.142. The van der Waals surface area contributed by atoms with Gasteiger partial charge in [-0.05, 0) is 31.4 Å². The third-order valence-corrected chi connectivity index (χ3v) is 3.24. The first-order chi connectivity index (χ1) is 9.95. The number of amides is 1. The first-order valence-electron chi connectivity index (χ1n) is 7.16. The van der Waals surface area contributed by atoms with Crippen molar-refractivity contribution in [1.29, 1.82) is 0 Å². The Labute approximate surface area is 125 Å². The molecule has 2 N–H and O–H groups in total. The van der Waals surface area contributed by atoms with Crippen molar-refractivity contribution in [3.8, 4) is 5.75 Å². The Morgan fingerprint density at radius 1 is 1.29 bits per heavy atom. The summed E-state index contributed by atoms with van der Waals surface area (Å²) in [6.07, 6.45) is 2.08. The van der Waals surface area contributed by atoms with E-state index in [-0.39, 0.29) is 6.61 Å². The Hall–Kier alpha value is -2.04. The maximum absolute atomic E-state index is 11.8. The van der Waals surface area contributed by atoms with Crippen LogP contribution in [0.4, 0.5) is 0 Å². The smallest absolute Gasteiger partial charge is 0.326 e. The molecule has 1 rings (SSSR count). The summed E-state index contributed by atoms with van der Waals surface area (Å²) in [5.41, 5.74) is 1.90. The molecule has 0 heterocycles. The summed E-state index contributed by atoms with van der Waals surface area (Å²) >= 11 is 0. The number of aryl methyl sites for hydroxylation is 2. The molecule has 21 heavy (non-hydrogen) atoms. The SMILES string of the molecule is CCCC[C@H](NC(=O)COc1c(C)cccc1C)C(=O)O. The van der Waals surface area contributed by atoms with Crippen LogP contribution in [0, 0.1) is 13.8 Å². The van der Waals surface area contributed by atoms with E-state index in [0.29, 0.717) is 12.2 Å². The van der Waals surface area contributed by atoms with Crippen molar-refractivity contribution in [2.75, 3.05) is 6.61 Å². The van der Waals surface area contributed by atoms with Gasteiger partial charge in [0.1, 0.15) is 11.8 Å². The van der Waals surface area contributed by atoms with Crippen LogP contribution in [0.1, 0.15) is 37.3 Å². The van der Waals surface area contributed by atoms with Gasteiger partial charge in [-0.1, -0.05) is 38.0 Å². The van der Waals surface area contributed by atoms with Gasteiger partial charge in [0.05, 0.1) is 0 Å². The summed E-state index contributed by atoms with van der Waals surface area (Å²) in [4.78, 5) is 22.9. The number of benzene rings is 1. The van der Waals surface area contributed by atoms with Crippen LogP contribution >= 0.6 is 0 Å². The predicted octanol–water partition coefficient (Wildman–Crippen LogP) is 2.44. The number of hydrogen-bond donors (Lipinski definition) is 2. The largest absolute Gasteiger partial charge is 0.483 e. The lowest BCUT2D eigenvalue weighted by Gasteiger charge is -2.15. The van der Waals surface area contributed by atoms with Crippen LogP contribution in [-0.2, 0) is 9.59 Å². The zero-order chi connectivity index (χ0) is 15.8. The Morgan fingerprint density at radius 3 is 2.43 bits per heavy atom. The second kappa shape index (κ2) is 8.29. The number of nitrogens with one attached hydrogen (secondary N) is 1. The number of carboxylic acid groups (broad SMARTS) is 1. The van der Waals surface area contributed by atoms with E-state index in [1.54, 1.807) is 0 Å². The molecule has 5 heteroatoms. The molecular formula is C16H23NO4. The first kappa shape index (κ1) is 17.0. The molecule has 0 saturated heterocycles. The van der Waals surface area contributed by atoms with Crippen molar-refractivity contribution >= 4 is 11.9 Å². The maximum atomic E-state index is 11.8. The van der Waals surface area contributed by atoms with E-state index in [2.05, 4.69) is 5.32 Å². The number of unbranched alkanes of at least 4 members (excludes halogenated alkanes) is 1. The van der Waals surface area contributed by atoms with Gasteiger partial charge >= 0.3 is 5.97 Å². The van der Waals surface area contributed by atoms with Gasteiger partial charge in [0, 0.05) is 0 Å². The summed E-state index contributed by atoms with van der Waals surface area (Å²) < 4.78 is 5.51. The number of ether oxygens (including phenoxy) is 1. The molecule has 0 aliphatic carbocycles. The minimum Gasteiger partial charge on any atom is -0.483 e. The van der Waals surface area contributed by atoms with Crippen molar-refractivity contribution in [2.45, 2.75) is 46.1 Å². The summed E-state index contributed by atoms with van der Waals surface area (Å²) in [5, 5.41) is 11.6. The topological polar surface area (TPSA) is 75.6 Å². The van der Waals surface area contributed by atoms with Crippen LogP contribution in [-0.4, -0.2) is 29.6 Å². The van der Waals surface area contributed by atoms with Gasteiger partial charge < -0.3 is 15.2 Å². The van der Waals surface area contributed by atoms with Gasteiger partial charge in [-0.2, -0.15) is 0 Å².